The summed E-state index contributed by atoms with van der Waals surface area (Å²) in [6.45, 7) is 0.132. The lowest BCUT2D eigenvalue weighted by Crippen LogP contribution is -2.48. The Bertz CT molecular complexity index is 363. The van der Waals surface area contributed by atoms with Crippen LogP contribution in [0, 0.1) is 0 Å². The van der Waals surface area contributed by atoms with Gasteiger partial charge in [0.05, 0.1) is 13.7 Å². The van der Waals surface area contributed by atoms with E-state index in [4.69, 9.17) is 10.2 Å². The summed E-state index contributed by atoms with van der Waals surface area (Å²) in [6.07, 6.45) is 0. The van der Waals surface area contributed by atoms with Crippen LogP contribution in [0.25, 0.3) is 0 Å². The van der Waals surface area contributed by atoms with Crippen LogP contribution in [0.15, 0.2) is 0 Å². The number of carboxylic acids is 1. The molecule has 2 atom stereocenters. The summed E-state index contributed by atoms with van der Waals surface area (Å²) in [4.78, 5) is 21.4. The van der Waals surface area contributed by atoms with Crippen molar-refractivity contribution in [2.45, 2.75) is 18.2 Å². The van der Waals surface area contributed by atoms with E-state index in [9.17, 15) is 18.0 Å². The van der Waals surface area contributed by atoms with Crippen molar-refractivity contribution in [3.05, 3.63) is 0 Å². The van der Waals surface area contributed by atoms with Gasteiger partial charge >= 0.3 is 11.9 Å². The van der Waals surface area contributed by atoms with Crippen molar-refractivity contribution in [2.75, 3.05) is 13.7 Å². The van der Waals surface area contributed by atoms with Crippen LogP contribution in [0.4, 0.5) is 0 Å². The number of rotatable bonds is 6. The third kappa shape index (κ3) is 3.76. The maximum absolute atomic E-state index is 11.4. The van der Waals surface area contributed by atoms with Crippen molar-refractivity contribution in [2.24, 2.45) is 0 Å². The Hall–Kier alpha value is -1.19. The van der Waals surface area contributed by atoms with Crippen molar-refractivity contribution in [3.63, 3.8) is 0 Å². The Morgan fingerprint density at radius 1 is 1.44 bits per heavy atom. The number of aliphatic hydroxyl groups is 1. The van der Waals surface area contributed by atoms with E-state index >= 15 is 0 Å². The van der Waals surface area contributed by atoms with Crippen LogP contribution >= 0.6 is 0 Å². The number of aliphatic hydroxyl groups excluding tert-OH is 1. The van der Waals surface area contributed by atoms with Crippen LogP contribution in [0.1, 0.15) is 6.92 Å². The van der Waals surface area contributed by atoms with E-state index in [1.165, 1.54) is 0 Å². The molecule has 0 rings (SSSR count). The molecule has 0 saturated carbocycles. The second kappa shape index (κ2) is 5.77. The molecule has 0 aromatic carbocycles. The predicted molar refractivity (Wildman–Crippen MR) is 52.0 cm³/mol. The van der Waals surface area contributed by atoms with Crippen molar-refractivity contribution in [1.29, 1.82) is 0 Å². The zero-order valence-electron chi connectivity index (χ0n) is 8.71. The highest BCUT2D eigenvalue weighted by Crippen LogP contribution is 2.02. The van der Waals surface area contributed by atoms with Gasteiger partial charge in [0.15, 0.2) is 5.25 Å². The first kappa shape index (κ1) is 14.8. The van der Waals surface area contributed by atoms with Crippen LogP contribution in [0.3, 0.4) is 0 Å². The molecule has 0 fully saturated rings. The van der Waals surface area contributed by atoms with Gasteiger partial charge in [-0.05, 0) is 6.92 Å². The normalized spacial score (nSPS) is 15.2. The minimum Gasteiger partial charge on any atom is -0.480 e. The lowest BCUT2D eigenvalue weighted by Gasteiger charge is -2.15. The number of nitrogens with one attached hydrogen (secondary N) is 1. The first-order chi connectivity index (χ1) is 7.26. The standard InChI is InChI=1S/C7H13NO7S/c1-4(7(12)15-2)16(13,14)8-5(3-9)6(10)11/h4-5,8-9H,3H2,1-2H3,(H,10,11)/t4?,5-/m1/s1. The van der Waals surface area contributed by atoms with Gasteiger partial charge in [0.1, 0.15) is 6.04 Å². The van der Waals surface area contributed by atoms with Crippen LogP contribution in [0.2, 0.25) is 0 Å². The van der Waals surface area contributed by atoms with Gasteiger partial charge in [0, 0.05) is 0 Å². The third-order valence-electron chi connectivity index (χ3n) is 1.79. The highest BCUT2D eigenvalue weighted by atomic mass is 32.2. The van der Waals surface area contributed by atoms with Gasteiger partial charge in [-0.25, -0.2) is 8.42 Å². The van der Waals surface area contributed by atoms with Gasteiger partial charge in [0.2, 0.25) is 10.0 Å². The van der Waals surface area contributed by atoms with Crippen molar-refractivity contribution >= 4 is 22.0 Å². The summed E-state index contributed by atoms with van der Waals surface area (Å²) in [5.74, 6) is -2.56. The Morgan fingerprint density at radius 2 is 1.94 bits per heavy atom. The average Bonchev–Trinajstić information content (AvgIpc) is 2.23. The molecule has 0 spiro atoms. The molecule has 0 radical (unpaired) electrons. The number of hydrogen-bond acceptors (Lipinski definition) is 6. The number of sulfonamides is 1. The van der Waals surface area contributed by atoms with Crippen molar-refractivity contribution in [3.8, 4) is 0 Å². The summed E-state index contributed by atoms with van der Waals surface area (Å²) in [5, 5.41) is 15.6. The molecule has 16 heavy (non-hydrogen) atoms. The van der Waals surface area contributed by atoms with Crippen LogP contribution < -0.4 is 4.72 Å². The molecule has 0 aliphatic heterocycles. The molecule has 0 amide bonds. The second-order valence-electron chi connectivity index (χ2n) is 2.90. The van der Waals surface area contributed by atoms with Crippen LogP contribution in [0.5, 0.6) is 0 Å². The van der Waals surface area contributed by atoms with E-state index in [1.54, 1.807) is 4.72 Å². The minimum atomic E-state index is -4.19. The maximum Gasteiger partial charge on any atom is 0.325 e. The zero-order chi connectivity index (χ0) is 12.9. The number of ether oxygens (including phenoxy) is 1. The number of hydrogen-bond donors (Lipinski definition) is 3. The maximum atomic E-state index is 11.4. The fourth-order valence-electron chi connectivity index (χ4n) is 0.759. The van der Waals surface area contributed by atoms with Gasteiger partial charge in [-0.2, -0.15) is 4.72 Å². The smallest absolute Gasteiger partial charge is 0.325 e. The lowest BCUT2D eigenvalue weighted by atomic mass is 10.3. The predicted octanol–water partition coefficient (Wildman–Crippen LogP) is -2.09. The lowest BCUT2D eigenvalue weighted by molar-refractivity contribution is -0.141. The fourth-order valence-corrected chi connectivity index (χ4v) is 1.88. The number of esters is 1. The number of carbonyl (C=O) groups excluding carboxylic acids is 1. The Labute approximate surface area is 92.3 Å². The zero-order valence-corrected chi connectivity index (χ0v) is 9.52. The molecule has 94 valence electrons. The minimum absolute atomic E-state index is 0.914. The van der Waals surface area contributed by atoms with E-state index in [-0.39, 0.29) is 0 Å². The van der Waals surface area contributed by atoms with Gasteiger partial charge < -0.3 is 14.9 Å². The van der Waals surface area contributed by atoms with Crippen molar-refractivity contribution < 1.29 is 33.0 Å². The second-order valence-corrected chi connectivity index (χ2v) is 4.93. The molecule has 9 heteroatoms. The monoisotopic (exact) mass is 255 g/mol. The van der Waals surface area contributed by atoms with Crippen LogP contribution in [-0.4, -0.2) is 55.6 Å². The topological polar surface area (TPSA) is 130 Å². The summed E-state index contributed by atoms with van der Waals surface area (Å²) in [5.41, 5.74) is 0. The molecule has 0 heterocycles. The quantitative estimate of drug-likeness (QED) is 0.464. The van der Waals surface area contributed by atoms with Gasteiger partial charge in [-0.15, -0.1) is 0 Å². The molecule has 1 unspecified atom stereocenters. The SMILES string of the molecule is COC(=O)C(C)S(=O)(=O)N[C@H](CO)C(=O)O. The summed E-state index contributed by atoms with van der Waals surface area (Å²) < 4.78 is 28.7. The summed E-state index contributed by atoms with van der Waals surface area (Å²) in [6, 6.07) is -1.68. The van der Waals surface area contributed by atoms with E-state index in [0.29, 0.717) is 0 Å². The summed E-state index contributed by atoms with van der Waals surface area (Å²) >= 11 is 0. The molecule has 0 aliphatic rings. The van der Waals surface area contributed by atoms with E-state index in [2.05, 4.69) is 4.74 Å². The number of carboxylic acid groups (broad SMARTS) is 1. The van der Waals surface area contributed by atoms with Gasteiger partial charge in [-0.3, -0.25) is 9.59 Å². The van der Waals surface area contributed by atoms with Crippen molar-refractivity contribution in [1.82, 2.24) is 4.72 Å². The van der Waals surface area contributed by atoms with E-state index in [1.807, 2.05) is 0 Å². The first-order valence-electron chi connectivity index (χ1n) is 4.19. The molecule has 3 N–H and O–H groups in total. The molecule has 0 saturated heterocycles. The van der Waals surface area contributed by atoms with E-state index in [0.717, 1.165) is 14.0 Å². The van der Waals surface area contributed by atoms with Gasteiger partial charge in [-0.1, -0.05) is 0 Å². The summed E-state index contributed by atoms with van der Waals surface area (Å²) in [7, 11) is -3.18. The number of aliphatic carboxylic acids is 1. The Morgan fingerprint density at radius 3 is 2.25 bits per heavy atom. The fraction of sp³-hybridized carbons (Fsp3) is 0.714. The molecule has 0 aliphatic carbocycles. The Kier molecular flexibility index (Phi) is 5.35. The third-order valence-corrected chi connectivity index (χ3v) is 3.52. The molecule has 0 aromatic heterocycles. The highest BCUT2D eigenvalue weighted by molar-refractivity contribution is 7.90. The average molecular weight is 255 g/mol. The first-order valence-corrected chi connectivity index (χ1v) is 5.73. The molecule has 0 aromatic rings. The van der Waals surface area contributed by atoms with Crippen LogP contribution in [-0.2, 0) is 24.3 Å². The highest BCUT2D eigenvalue weighted by Gasteiger charge is 2.32. The Balaban J connectivity index is 4.81. The number of methoxy groups -OCH3 is 1. The molecule has 8 nitrogen and oxygen atoms in total. The molecule has 0 bridgehead atoms. The molecular formula is C7H13NO7S. The van der Waals surface area contributed by atoms with Gasteiger partial charge in [0.25, 0.3) is 0 Å². The molecular weight excluding hydrogens is 242 g/mol. The number of carbonyl (C=O) groups is 2. The largest absolute Gasteiger partial charge is 0.480 e. The van der Waals surface area contributed by atoms with E-state index < -0.39 is 39.9 Å².